The zero-order valence-electron chi connectivity index (χ0n) is 12.2. The van der Waals surface area contributed by atoms with Crippen LogP contribution in [0, 0.1) is 11.3 Å². The molecule has 0 aromatic heterocycles. The topological polar surface area (TPSA) is 20.3 Å². The lowest BCUT2D eigenvalue weighted by Crippen LogP contribution is -2.26. The molecule has 1 aromatic rings. The predicted octanol–water partition coefficient (Wildman–Crippen LogP) is 4.52. The molecular weight excluding hydrogens is 302 g/mol. The standard InChI is InChI=1S/C16H22BrNO/c1-11(19)14-6-5-13(17)9-15(14)18-8-7-12(10-18)16(2,3)4/h5-6,9,12H,7-8,10H2,1-4H3. The number of rotatable bonds is 2. The second-order valence-corrected chi connectivity index (χ2v) is 7.43. The lowest BCUT2D eigenvalue weighted by molar-refractivity contribution is 0.101. The third-order valence-corrected chi connectivity index (χ3v) is 4.59. The predicted molar refractivity (Wildman–Crippen MR) is 83.9 cm³/mol. The first kappa shape index (κ1) is 14.6. The van der Waals surface area contributed by atoms with Gasteiger partial charge in [-0.05, 0) is 42.9 Å². The molecule has 1 aliphatic rings. The van der Waals surface area contributed by atoms with Crippen LogP contribution in [0.3, 0.4) is 0 Å². The van der Waals surface area contributed by atoms with Gasteiger partial charge in [-0.2, -0.15) is 0 Å². The summed E-state index contributed by atoms with van der Waals surface area (Å²) in [6.45, 7) is 10.6. The van der Waals surface area contributed by atoms with Gasteiger partial charge in [-0.1, -0.05) is 36.7 Å². The Labute approximate surface area is 124 Å². The summed E-state index contributed by atoms with van der Waals surface area (Å²) in [5.41, 5.74) is 2.24. The molecule has 2 rings (SSSR count). The van der Waals surface area contributed by atoms with Gasteiger partial charge in [-0.15, -0.1) is 0 Å². The number of carbonyl (C=O) groups is 1. The highest BCUT2D eigenvalue weighted by atomic mass is 79.9. The van der Waals surface area contributed by atoms with Crippen molar-refractivity contribution in [1.82, 2.24) is 0 Å². The van der Waals surface area contributed by atoms with Crippen LogP contribution < -0.4 is 4.90 Å². The van der Waals surface area contributed by atoms with Crippen molar-refractivity contribution in [1.29, 1.82) is 0 Å². The molecule has 0 amide bonds. The monoisotopic (exact) mass is 323 g/mol. The number of hydrogen-bond donors (Lipinski definition) is 0. The van der Waals surface area contributed by atoms with Gasteiger partial charge < -0.3 is 4.90 Å². The van der Waals surface area contributed by atoms with E-state index >= 15 is 0 Å². The summed E-state index contributed by atoms with van der Waals surface area (Å²) >= 11 is 3.51. The van der Waals surface area contributed by atoms with Crippen molar-refractivity contribution in [3.8, 4) is 0 Å². The van der Waals surface area contributed by atoms with E-state index in [4.69, 9.17) is 0 Å². The van der Waals surface area contributed by atoms with Crippen molar-refractivity contribution in [3.05, 3.63) is 28.2 Å². The Bertz CT molecular complexity index is 490. The van der Waals surface area contributed by atoms with Crippen LogP contribution in [0.1, 0.15) is 44.5 Å². The van der Waals surface area contributed by atoms with Gasteiger partial charge in [0, 0.05) is 28.8 Å². The molecule has 2 nitrogen and oxygen atoms in total. The van der Waals surface area contributed by atoms with E-state index in [0.717, 1.165) is 28.8 Å². The Kier molecular flexibility index (Phi) is 4.05. The first-order chi connectivity index (χ1) is 8.79. The maximum atomic E-state index is 11.8. The number of carbonyl (C=O) groups excluding carboxylic acids is 1. The molecule has 0 bridgehead atoms. The SMILES string of the molecule is CC(=O)c1ccc(Br)cc1N1CCC(C(C)(C)C)C1. The minimum atomic E-state index is 0.140. The van der Waals surface area contributed by atoms with E-state index in [1.165, 1.54) is 6.42 Å². The molecule has 0 spiro atoms. The first-order valence-corrected chi connectivity index (χ1v) is 7.64. The fourth-order valence-electron chi connectivity index (χ4n) is 2.75. The van der Waals surface area contributed by atoms with E-state index in [-0.39, 0.29) is 5.78 Å². The zero-order chi connectivity index (χ0) is 14.2. The first-order valence-electron chi connectivity index (χ1n) is 6.84. The molecular formula is C16H22BrNO. The smallest absolute Gasteiger partial charge is 0.161 e. The Morgan fingerprint density at radius 2 is 2.05 bits per heavy atom. The lowest BCUT2D eigenvalue weighted by Gasteiger charge is -2.28. The highest BCUT2D eigenvalue weighted by Crippen LogP contribution is 2.37. The quantitative estimate of drug-likeness (QED) is 0.745. The number of Topliss-reactive ketones (excluding diaryl/α,β-unsaturated/α-hetero) is 1. The third kappa shape index (κ3) is 3.19. The highest BCUT2D eigenvalue weighted by Gasteiger charge is 2.32. The number of ketones is 1. The second kappa shape index (κ2) is 5.28. The van der Waals surface area contributed by atoms with Crippen LogP contribution in [0.4, 0.5) is 5.69 Å². The van der Waals surface area contributed by atoms with Crippen LogP contribution in [0.25, 0.3) is 0 Å². The largest absolute Gasteiger partial charge is 0.371 e. The second-order valence-electron chi connectivity index (χ2n) is 6.52. The normalized spacial score (nSPS) is 19.8. The summed E-state index contributed by atoms with van der Waals surface area (Å²) in [6, 6.07) is 5.94. The van der Waals surface area contributed by atoms with Gasteiger partial charge in [0.2, 0.25) is 0 Å². The zero-order valence-corrected chi connectivity index (χ0v) is 13.8. The molecule has 1 fully saturated rings. The molecule has 3 heteroatoms. The van der Waals surface area contributed by atoms with Gasteiger partial charge in [0.15, 0.2) is 5.78 Å². The Morgan fingerprint density at radius 1 is 1.37 bits per heavy atom. The van der Waals surface area contributed by atoms with E-state index in [0.29, 0.717) is 11.3 Å². The fraction of sp³-hybridized carbons (Fsp3) is 0.562. The molecule has 104 valence electrons. The van der Waals surface area contributed by atoms with Gasteiger partial charge in [0.05, 0.1) is 0 Å². The van der Waals surface area contributed by atoms with Gasteiger partial charge >= 0.3 is 0 Å². The molecule has 0 saturated carbocycles. The molecule has 0 radical (unpaired) electrons. The van der Waals surface area contributed by atoms with Gasteiger partial charge in [0.25, 0.3) is 0 Å². The highest BCUT2D eigenvalue weighted by molar-refractivity contribution is 9.10. The molecule has 1 saturated heterocycles. The van der Waals surface area contributed by atoms with E-state index < -0.39 is 0 Å². The fourth-order valence-corrected chi connectivity index (χ4v) is 3.10. The van der Waals surface area contributed by atoms with Crippen molar-refractivity contribution in [3.63, 3.8) is 0 Å². The molecule has 1 unspecified atom stereocenters. The molecule has 19 heavy (non-hydrogen) atoms. The van der Waals surface area contributed by atoms with E-state index in [2.05, 4.69) is 47.7 Å². The molecule has 1 atom stereocenters. The average molecular weight is 324 g/mol. The Morgan fingerprint density at radius 3 is 2.58 bits per heavy atom. The van der Waals surface area contributed by atoms with Crippen molar-refractivity contribution < 1.29 is 4.79 Å². The van der Waals surface area contributed by atoms with E-state index in [1.807, 2.05) is 12.1 Å². The summed E-state index contributed by atoms with van der Waals surface area (Å²) in [6.07, 6.45) is 1.20. The molecule has 1 aliphatic heterocycles. The van der Waals surface area contributed by atoms with Crippen molar-refractivity contribution in [2.24, 2.45) is 11.3 Å². The third-order valence-electron chi connectivity index (χ3n) is 4.09. The molecule has 0 N–H and O–H groups in total. The van der Waals surface area contributed by atoms with Crippen LogP contribution in [-0.4, -0.2) is 18.9 Å². The molecule has 0 aliphatic carbocycles. The van der Waals surface area contributed by atoms with Crippen LogP contribution in [-0.2, 0) is 0 Å². The summed E-state index contributed by atoms with van der Waals surface area (Å²) in [7, 11) is 0. The van der Waals surface area contributed by atoms with Gasteiger partial charge in [0.1, 0.15) is 0 Å². The number of anilines is 1. The van der Waals surface area contributed by atoms with Crippen LogP contribution in [0.5, 0.6) is 0 Å². The summed E-state index contributed by atoms with van der Waals surface area (Å²) in [4.78, 5) is 14.1. The number of hydrogen-bond acceptors (Lipinski definition) is 2. The van der Waals surface area contributed by atoms with E-state index in [9.17, 15) is 4.79 Å². The molecule has 1 aromatic carbocycles. The summed E-state index contributed by atoms with van der Waals surface area (Å²) < 4.78 is 1.03. The minimum Gasteiger partial charge on any atom is -0.371 e. The Balaban J connectivity index is 2.28. The van der Waals surface area contributed by atoms with Crippen molar-refractivity contribution in [2.45, 2.75) is 34.1 Å². The average Bonchev–Trinajstić information content (AvgIpc) is 2.77. The minimum absolute atomic E-state index is 0.140. The van der Waals surface area contributed by atoms with Crippen LogP contribution in [0.15, 0.2) is 22.7 Å². The maximum Gasteiger partial charge on any atom is 0.161 e. The Hall–Kier alpha value is -0.830. The van der Waals surface area contributed by atoms with Crippen LogP contribution >= 0.6 is 15.9 Å². The van der Waals surface area contributed by atoms with Gasteiger partial charge in [-0.3, -0.25) is 4.79 Å². The van der Waals surface area contributed by atoms with Crippen molar-refractivity contribution in [2.75, 3.05) is 18.0 Å². The summed E-state index contributed by atoms with van der Waals surface area (Å²) in [5, 5.41) is 0. The number of nitrogens with zero attached hydrogens (tertiary/aromatic N) is 1. The van der Waals surface area contributed by atoms with Crippen LogP contribution in [0.2, 0.25) is 0 Å². The lowest BCUT2D eigenvalue weighted by atomic mass is 9.80. The van der Waals surface area contributed by atoms with E-state index in [1.54, 1.807) is 6.92 Å². The summed E-state index contributed by atoms with van der Waals surface area (Å²) in [5.74, 6) is 0.827. The maximum absolute atomic E-state index is 11.8. The van der Waals surface area contributed by atoms with Crippen molar-refractivity contribution >= 4 is 27.4 Å². The van der Waals surface area contributed by atoms with Gasteiger partial charge in [-0.25, -0.2) is 0 Å². The number of halogens is 1. The number of benzene rings is 1. The molecule has 1 heterocycles.